The summed E-state index contributed by atoms with van der Waals surface area (Å²) in [5.41, 5.74) is 3.14. The molecule has 1 saturated heterocycles. The van der Waals surface area contributed by atoms with Crippen LogP contribution >= 0.6 is 0 Å². The van der Waals surface area contributed by atoms with Crippen LogP contribution in [0.15, 0.2) is 48.5 Å². The predicted molar refractivity (Wildman–Crippen MR) is 120 cm³/mol. The van der Waals surface area contributed by atoms with Gasteiger partial charge in [-0.3, -0.25) is 19.8 Å². The number of carbonyl (C=O) groups is 1. The molecule has 1 amide bonds. The first-order valence-electron chi connectivity index (χ1n) is 10.5. The molecule has 1 aliphatic rings. The highest BCUT2D eigenvalue weighted by Crippen LogP contribution is 2.27. The molecule has 0 unspecified atom stereocenters. The molecule has 1 fully saturated rings. The molecule has 2 aromatic rings. The van der Waals surface area contributed by atoms with Gasteiger partial charge in [0.05, 0.1) is 11.0 Å². The van der Waals surface area contributed by atoms with Gasteiger partial charge in [0, 0.05) is 49.7 Å². The van der Waals surface area contributed by atoms with E-state index in [1.54, 1.807) is 12.1 Å². The fraction of sp³-hybridized carbons (Fsp3) is 0.435. The zero-order valence-electron chi connectivity index (χ0n) is 17.9. The summed E-state index contributed by atoms with van der Waals surface area (Å²) in [5.74, 6) is 0.400. The van der Waals surface area contributed by atoms with E-state index in [1.165, 1.54) is 17.7 Å². The van der Waals surface area contributed by atoms with Crippen molar-refractivity contribution in [1.29, 1.82) is 0 Å². The van der Waals surface area contributed by atoms with E-state index >= 15 is 0 Å². The predicted octanol–water partition coefficient (Wildman–Crippen LogP) is 4.26. The second kappa shape index (κ2) is 9.71. The van der Waals surface area contributed by atoms with Gasteiger partial charge in [0.1, 0.15) is 0 Å². The van der Waals surface area contributed by atoms with Crippen LogP contribution in [-0.4, -0.2) is 48.0 Å². The van der Waals surface area contributed by atoms with E-state index in [0.29, 0.717) is 5.92 Å². The second-order valence-corrected chi connectivity index (χ2v) is 7.86. The number of piperazine rings is 1. The molecule has 0 aromatic heterocycles. The molecular weight excluding hydrogens is 380 g/mol. The molecule has 2 atom stereocenters. The molecule has 30 heavy (non-hydrogen) atoms. The minimum atomic E-state index is -0.387. The normalized spacial score (nSPS) is 16.7. The number of hydrogen-bond acceptors (Lipinski definition) is 5. The van der Waals surface area contributed by atoms with E-state index < -0.39 is 0 Å². The molecular formula is C23H30N4O3. The summed E-state index contributed by atoms with van der Waals surface area (Å²) in [5, 5.41) is 13.9. The second-order valence-electron chi connectivity index (χ2n) is 7.86. The third-order valence-electron chi connectivity index (χ3n) is 6.03. The molecule has 3 rings (SSSR count). The van der Waals surface area contributed by atoms with Crippen molar-refractivity contribution >= 4 is 23.0 Å². The van der Waals surface area contributed by atoms with Crippen LogP contribution in [0, 0.1) is 10.1 Å². The summed E-state index contributed by atoms with van der Waals surface area (Å²) in [6.07, 6.45) is 1.02. The van der Waals surface area contributed by atoms with Crippen LogP contribution in [0.4, 0.5) is 17.1 Å². The Kier molecular flexibility index (Phi) is 7.05. The van der Waals surface area contributed by atoms with Crippen molar-refractivity contribution in [3.05, 3.63) is 64.2 Å². The molecule has 2 aromatic carbocycles. The number of anilines is 2. The van der Waals surface area contributed by atoms with Crippen LogP contribution in [0.2, 0.25) is 0 Å². The van der Waals surface area contributed by atoms with Gasteiger partial charge in [0.2, 0.25) is 5.91 Å². The van der Waals surface area contributed by atoms with Crippen molar-refractivity contribution in [2.24, 2.45) is 0 Å². The van der Waals surface area contributed by atoms with E-state index in [2.05, 4.69) is 35.0 Å². The summed E-state index contributed by atoms with van der Waals surface area (Å²) in [4.78, 5) is 27.7. The van der Waals surface area contributed by atoms with Crippen LogP contribution in [-0.2, 0) is 4.79 Å². The zero-order chi connectivity index (χ0) is 21.7. The van der Waals surface area contributed by atoms with Gasteiger partial charge in [0.25, 0.3) is 5.69 Å². The van der Waals surface area contributed by atoms with Crippen molar-refractivity contribution in [3.8, 4) is 0 Å². The number of rotatable bonds is 7. The Hall–Kier alpha value is -2.93. The molecule has 7 heteroatoms. The van der Waals surface area contributed by atoms with Crippen molar-refractivity contribution in [1.82, 2.24) is 4.90 Å². The lowest BCUT2D eigenvalue weighted by atomic mass is 9.97. The fourth-order valence-corrected chi connectivity index (χ4v) is 3.82. The number of amides is 1. The van der Waals surface area contributed by atoms with E-state index in [0.717, 1.165) is 44.0 Å². The van der Waals surface area contributed by atoms with Crippen molar-refractivity contribution in [3.63, 3.8) is 0 Å². The van der Waals surface area contributed by atoms with Gasteiger partial charge < -0.3 is 10.2 Å². The lowest BCUT2D eigenvalue weighted by Crippen LogP contribution is -2.52. The first-order chi connectivity index (χ1) is 14.4. The molecule has 160 valence electrons. The topological polar surface area (TPSA) is 78.7 Å². The van der Waals surface area contributed by atoms with Gasteiger partial charge in [-0.1, -0.05) is 32.0 Å². The molecule has 1 N–H and O–H groups in total. The Morgan fingerprint density at radius 3 is 2.30 bits per heavy atom. The maximum Gasteiger partial charge on any atom is 0.269 e. The number of nitro benzene ring substituents is 1. The average molecular weight is 411 g/mol. The van der Waals surface area contributed by atoms with Crippen molar-refractivity contribution in [2.45, 2.75) is 39.2 Å². The maximum absolute atomic E-state index is 12.9. The van der Waals surface area contributed by atoms with Crippen LogP contribution in [0.5, 0.6) is 0 Å². The largest absolute Gasteiger partial charge is 0.369 e. The minimum absolute atomic E-state index is 0.00883. The number of para-hydroxylation sites is 1. The Labute approximate surface area is 177 Å². The molecule has 7 nitrogen and oxygen atoms in total. The molecule has 0 spiro atoms. The third-order valence-corrected chi connectivity index (χ3v) is 6.03. The lowest BCUT2D eigenvalue weighted by Gasteiger charge is -2.38. The van der Waals surface area contributed by atoms with Gasteiger partial charge in [0.15, 0.2) is 0 Å². The fourth-order valence-electron chi connectivity index (χ4n) is 3.82. The molecule has 0 saturated carbocycles. The number of carbonyl (C=O) groups excluding carboxylic acids is 1. The van der Waals surface area contributed by atoms with E-state index in [-0.39, 0.29) is 22.6 Å². The Balaban J connectivity index is 1.58. The highest BCUT2D eigenvalue weighted by Gasteiger charge is 2.26. The standard InChI is InChI=1S/C23H30N4O3/c1-4-17(2)21-7-5-6-8-22(21)24-23(28)18(3)25-13-15-26(16-14-25)19-9-11-20(12-10-19)27(29)30/h5-12,17-18H,4,13-16H2,1-3H3,(H,24,28)/t17-,18+/m1/s1. The summed E-state index contributed by atoms with van der Waals surface area (Å²) in [6, 6.07) is 14.4. The van der Waals surface area contributed by atoms with Gasteiger partial charge in [-0.25, -0.2) is 0 Å². The van der Waals surface area contributed by atoms with Gasteiger partial charge >= 0.3 is 0 Å². The number of nitrogens with one attached hydrogen (secondary N) is 1. The Bertz CT molecular complexity index is 876. The van der Waals surface area contributed by atoms with Crippen LogP contribution in [0.25, 0.3) is 0 Å². The molecule has 0 bridgehead atoms. The molecule has 0 radical (unpaired) electrons. The zero-order valence-corrected chi connectivity index (χ0v) is 17.9. The number of benzene rings is 2. The van der Waals surface area contributed by atoms with Crippen LogP contribution in [0.1, 0.15) is 38.7 Å². The minimum Gasteiger partial charge on any atom is -0.369 e. The number of hydrogen-bond donors (Lipinski definition) is 1. The maximum atomic E-state index is 12.9. The highest BCUT2D eigenvalue weighted by molar-refractivity contribution is 5.95. The summed E-state index contributed by atoms with van der Waals surface area (Å²) in [6.45, 7) is 9.35. The van der Waals surface area contributed by atoms with E-state index in [4.69, 9.17) is 0 Å². The Morgan fingerprint density at radius 2 is 1.70 bits per heavy atom. The SMILES string of the molecule is CC[C@@H](C)c1ccccc1NC(=O)[C@H](C)N1CCN(c2ccc([N+](=O)[O-])cc2)CC1. The Morgan fingerprint density at radius 1 is 1.07 bits per heavy atom. The number of nitro groups is 1. The quantitative estimate of drug-likeness (QED) is 0.545. The first kappa shape index (κ1) is 21.8. The monoisotopic (exact) mass is 410 g/mol. The average Bonchev–Trinajstić information content (AvgIpc) is 2.78. The van der Waals surface area contributed by atoms with Crippen molar-refractivity contribution in [2.75, 3.05) is 36.4 Å². The van der Waals surface area contributed by atoms with Crippen molar-refractivity contribution < 1.29 is 9.72 Å². The molecule has 0 aliphatic carbocycles. The first-order valence-corrected chi connectivity index (χ1v) is 10.5. The van der Waals surface area contributed by atoms with Gasteiger partial charge in [-0.05, 0) is 43.0 Å². The lowest BCUT2D eigenvalue weighted by molar-refractivity contribution is -0.384. The summed E-state index contributed by atoms with van der Waals surface area (Å²) < 4.78 is 0. The smallest absolute Gasteiger partial charge is 0.269 e. The highest BCUT2D eigenvalue weighted by atomic mass is 16.6. The summed E-state index contributed by atoms with van der Waals surface area (Å²) >= 11 is 0. The molecule has 1 aliphatic heterocycles. The summed E-state index contributed by atoms with van der Waals surface area (Å²) in [7, 11) is 0. The number of non-ortho nitro benzene ring substituents is 1. The molecule has 1 heterocycles. The third kappa shape index (κ3) is 4.97. The van der Waals surface area contributed by atoms with E-state index in [1.807, 2.05) is 25.1 Å². The van der Waals surface area contributed by atoms with E-state index in [9.17, 15) is 14.9 Å². The number of nitrogens with zero attached hydrogens (tertiary/aromatic N) is 3. The van der Waals surface area contributed by atoms with Crippen LogP contribution < -0.4 is 10.2 Å². The van der Waals surface area contributed by atoms with Gasteiger partial charge in [-0.15, -0.1) is 0 Å². The van der Waals surface area contributed by atoms with Gasteiger partial charge in [-0.2, -0.15) is 0 Å². The van der Waals surface area contributed by atoms with Crippen LogP contribution in [0.3, 0.4) is 0 Å².